The van der Waals surface area contributed by atoms with Gasteiger partial charge < -0.3 is 24.8 Å². The molecule has 3 aliphatic rings. The minimum Gasteiger partial charge on any atom is -0.463 e. The number of esters is 1. The quantitative estimate of drug-likeness (QED) is 0.723. The number of rotatable bonds is 5. The van der Waals surface area contributed by atoms with Gasteiger partial charge in [-0.15, -0.1) is 11.3 Å². The van der Waals surface area contributed by atoms with Crippen molar-refractivity contribution in [1.29, 1.82) is 0 Å². The highest BCUT2D eigenvalue weighted by molar-refractivity contribution is 7.10. The molecule has 0 saturated carbocycles. The summed E-state index contributed by atoms with van der Waals surface area (Å²) in [5.41, 5.74) is 1.07. The Kier molecular flexibility index (Phi) is 5.68. The molecule has 1 aromatic rings. The molecule has 1 atom stereocenters. The number of urea groups is 1. The fourth-order valence-corrected chi connectivity index (χ4v) is 4.71. The lowest BCUT2D eigenvalue weighted by Crippen LogP contribution is -2.51. The molecule has 2 fully saturated rings. The molecule has 0 aromatic carbocycles. The zero-order chi connectivity index (χ0) is 19.6. The van der Waals surface area contributed by atoms with Crippen LogP contribution >= 0.6 is 11.3 Å². The molecule has 4 rings (SSSR count). The maximum atomic E-state index is 12.7. The van der Waals surface area contributed by atoms with Crippen molar-refractivity contribution in [3.63, 3.8) is 0 Å². The number of nitrogens with one attached hydrogen (secondary N) is 2. The van der Waals surface area contributed by atoms with E-state index in [2.05, 4.69) is 15.5 Å². The Morgan fingerprint density at radius 1 is 1.36 bits per heavy atom. The van der Waals surface area contributed by atoms with Crippen LogP contribution in [-0.4, -0.2) is 62.1 Å². The highest BCUT2D eigenvalue weighted by Gasteiger charge is 2.41. The Balaban J connectivity index is 1.56. The number of likely N-dealkylation sites (tertiary alicyclic amines) is 1. The van der Waals surface area contributed by atoms with Gasteiger partial charge in [0.25, 0.3) is 0 Å². The monoisotopic (exact) mass is 407 g/mol. The largest absolute Gasteiger partial charge is 0.463 e. The zero-order valence-electron chi connectivity index (χ0n) is 15.9. The maximum absolute atomic E-state index is 12.7. The lowest BCUT2D eigenvalue weighted by molar-refractivity contribution is -0.184. The van der Waals surface area contributed by atoms with Crippen LogP contribution in [0.4, 0.5) is 4.79 Å². The van der Waals surface area contributed by atoms with Crippen molar-refractivity contribution in [3.8, 4) is 0 Å². The van der Waals surface area contributed by atoms with E-state index in [1.165, 1.54) is 11.3 Å². The lowest BCUT2D eigenvalue weighted by atomic mass is 9.99. The highest BCUT2D eigenvalue weighted by Crippen LogP contribution is 2.33. The normalized spacial score (nSPS) is 24.9. The maximum Gasteiger partial charge on any atom is 0.338 e. The number of hydrogen-bond donors (Lipinski definition) is 2. The summed E-state index contributed by atoms with van der Waals surface area (Å²) in [5, 5.41) is 7.62. The second-order valence-electron chi connectivity index (χ2n) is 7.04. The SMILES string of the molecule is CCOC(=O)C1=C(CN2CCC3(CC2)OCCO3)NC(=O)NC1c1cccs1. The van der Waals surface area contributed by atoms with Crippen molar-refractivity contribution in [2.75, 3.05) is 39.5 Å². The van der Waals surface area contributed by atoms with Crippen LogP contribution in [0.15, 0.2) is 28.8 Å². The van der Waals surface area contributed by atoms with Crippen LogP contribution < -0.4 is 10.6 Å². The van der Waals surface area contributed by atoms with Gasteiger partial charge >= 0.3 is 12.0 Å². The molecule has 2 saturated heterocycles. The van der Waals surface area contributed by atoms with Crippen LogP contribution in [0.5, 0.6) is 0 Å². The van der Waals surface area contributed by atoms with Crippen LogP contribution in [0.2, 0.25) is 0 Å². The van der Waals surface area contributed by atoms with Gasteiger partial charge in [0.05, 0.1) is 31.4 Å². The highest BCUT2D eigenvalue weighted by atomic mass is 32.1. The van der Waals surface area contributed by atoms with Crippen molar-refractivity contribution in [2.24, 2.45) is 0 Å². The standard InChI is InChI=1S/C19H25N3O5S/c1-2-25-17(23)15-13(20-18(24)21-16(15)14-4-3-11-28-14)12-22-7-5-19(6-8-22)26-9-10-27-19/h3-4,11,16H,2,5-10,12H2,1H3,(H2,20,21,24). The molecule has 8 nitrogen and oxygen atoms in total. The predicted molar refractivity (Wildman–Crippen MR) is 103 cm³/mol. The summed E-state index contributed by atoms with van der Waals surface area (Å²) in [6, 6.07) is 3.01. The molecule has 1 unspecified atom stereocenters. The molecular formula is C19H25N3O5S. The molecule has 9 heteroatoms. The van der Waals surface area contributed by atoms with E-state index in [1.807, 2.05) is 17.5 Å². The van der Waals surface area contributed by atoms with Crippen LogP contribution in [0, 0.1) is 0 Å². The number of hydrogen-bond acceptors (Lipinski definition) is 7. The number of amides is 2. The predicted octanol–water partition coefficient (Wildman–Crippen LogP) is 1.76. The number of carbonyl (C=O) groups excluding carboxylic acids is 2. The number of piperidine rings is 1. The van der Waals surface area contributed by atoms with E-state index in [0.29, 0.717) is 31.0 Å². The summed E-state index contributed by atoms with van der Waals surface area (Å²) in [6.45, 7) is 5.35. The van der Waals surface area contributed by atoms with Gasteiger partial charge in [-0.1, -0.05) is 6.07 Å². The molecule has 0 bridgehead atoms. The Morgan fingerprint density at radius 3 is 2.75 bits per heavy atom. The molecule has 3 aliphatic heterocycles. The number of ether oxygens (including phenoxy) is 3. The molecular weight excluding hydrogens is 382 g/mol. The van der Waals surface area contributed by atoms with Gasteiger partial charge in [-0.2, -0.15) is 0 Å². The fraction of sp³-hybridized carbons (Fsp3) is 0.579. The van der Waals surface area contributed by atoms with E-state index in [9.17, 15) is 9.59 Å². The average molecular weight is 407 g/mol. The molecule has 152 valence electrons. The summed E-state index contributed by atoms with van der Waals surface area (Å²) in [7, 11) is 0. The number of carbonyl (C=O) groups is 2. The molecule has 1 aromatic heterocycles. The van der Waals surface area contributed by atoms with E-state index in [0.717, 1.165) is 30.8 Å². The zero-order valence-corrected chi connectivity index (χ0v) is 16.7. The second kappa shape index (κ2) is 8.20. The van der Waals surface area contributed by atoms with E-state index in [-0.39, 0.29) is 12.6 Å². The first kappa shape index (κ1) is 19.4. The van der Waals surface area contributed by atoms with Gasteiger partial charge in [0, 0.05) is 43.1 Å². The molecule has 28 heavy (non-hydrogen) atoms. The fourth-order valence-electron chi connectivity index (χ4n) is 3.92. The summed E-state index contributed by atoms with van der Waals surface area (Å²) >= 11 is 1.50. The minimum absolute atomic E-state index is 0.279. The smallest absolute Gasteiger partial charge is 0.338 e. The van der Waals surface area contributed by atoms with Crippen LogP contribution in [0.3, 0.4) is 0 Å². The first-order valence-electron chi connectivity index (χ1n) is 9.61. The third kappa shape index (κ3) is 3.93. The molecule has 0 aliphatic carbocycles. The van der Waals surface area contributed by atoms with Gasteiger partial charge in [-0.05, 0) is 18.4 Å². The third-order valence-electron chi connectivity index (χ3n) is 5.29. The van der Waals surface area contributed by atoms with Crippen molar-refractivity contribution in [3.05, 3.63) is 33.7 Å². The Bertz CT molecular complexity index is 748. The van der Waals surface area contributed by atoms with Crippen LogP contribution in [0.25, 0.3) is 0 Å². The van der Waals surface area contributed by atoms with E-state index >= 15 is 0 Å². The van der Waals surface area contributed by atoms with Crippen molar-refractivity contribution in [1.82, 2.24) is 15.5 Å². The first-order valence-corrected chi connectivity index (χ1v) is 10.5. The number of thiophene rings is 1. The molecule has 2 amide bonds. The van der Waals surface area contributed by atoms with E-state index < -0.39 is 17.8 Å². The van der Waals surface area contributed by atoms with Gasteiger partial charge in [0.2, 0.25) is 0 Å². The Morgan fingerprint density at radius 2 is 2.11 bits per heavy atom. The second-order valence-corrected chi connectivity index (χ2v) is 8.02. The van der Waals surface area contributed by atoms with Crippen LogP contribution in [-0.2, 0) is 19.0 Å². The summed E-state index contributed by atoms with van der Waals surface area (Å²) in [4.78, 5) is 28.1. The van der Waals surface area contributed by atoms with Gasteiger partial charge in [-0.3, -0.25) is 4.90 Å². The third-order valence-corrected chi connectivity index (χ3v) is 6.23. The van der Waals surface area contributed by atoms with Crippen molar-refractivity contribution < 1.29 is 23.8 Å². The summed E-state index contributed by atoms with van der Waals surface area (Å²) in [6.07, 6.45) is 1.55. The summed E-state index contributed by atoms with van der Waals surface area (Å²) < 4.78 is 16.9. The van der Waals surface area contributed by atoms with Gasteiger partial charge in [0.15, 0.2) is 5.79 Å². The van der Waals surface area contributed by atoms with Gasteiger partial charge in [0.1, 0.15) is 0 Å². The summed E-state index contributed by atoms with van der Waals surface area (Å²) in [5.74, 6) is -0.856. The van der Waals surface area contributed by atoms with E-state index in [1.54, 1.807) is 6.92 Å². The lowest BCUT2D eigenvalue weighted by Gasteiger charge is -2.38. The van der Waals surface area contributed by atoms with Gasteiger partial charge in [-0.25, -0.2) is 9.59 Å². The van der Waals surface area contributed by atoms with Crippen molar-refractivity contribution in [2.45, 2.75) is 31.6 Å². The van der Waals surface area contributed by atoms with Crippen molar-refractivity contribution >= 4 is 23.3 Å². The Labute approximate surface area is 167 Å². The molecule has 0 radical (unpaired) electrons. The topological polar surface area (TPSA) is 89.1 Å². The molecule has 4 heterocycles. The van der Waals surface area contributed by atoms with E-state index in [4.69, 9.17) is 14.2 Å². The Hall–Kier alpha value is -1.94. The molecule has 1 spiro atoms. The average Bonchev–Trinajstić information content (AvgIpc) is 3.36. The number of nitrogens with zero attached hydrogens (tertiary/aromatic N) is 1. The molecule has 2 N–H and O–H groups in total. The minimum atomic E-state index is -0.500. The first-order chi connectivity index (χ1) is 13.6. The van der Waals surface area contributed by atoms with Crippen LogP contribution in [0.1, 0.15) is 30.7 Å².